The van der Waals surface area contributed by atoms with Crippen molar-refractivity contribution >= 4 is 61.6 Å². The van der Waals surface area contributed by atoms with E-state index in [1.165, 1.54) is 22.7 Å². The van der Waals surface area contributed by atoms with Crippen LogP contribution in [0.5, 0.6) is 0 Å². The summed E-state index contributed by atoms with van der Waals surface area (Å²) < 4.78 is 6.42. The van der Waals surface area contributed by atoms with Gasteiger partial charge in [0, 0.05) is 5.38 Å². The van der Waals surface area contributed by atoms with Crippen molar-refractivity contribution in [3.8, 4) is 9.88 Å². The van der Waals surface area contributed by atoms with Crippen LogP contribution >= 0.6 is 22.7 Å². The van der Waals surface area contributed by atoms with E-state index < -0.39 is 11.9 Å². The number of fused-ring (bicyclic) bond motifs is 2. The van der Waals surface area contributed by atoms with Gasteiger partial charge >= 0.3 is 11.9 Å². The number of carboxylic acids is 1. The fraction of sp³-hybridized carbons (Fsp3) is 0. The fourth-order valence-corrected chi connectivity index (χ4v) is 4.99. The van der Waals surface area contributed by atoms with E-state index in [4.69, 9.17) is 4.42 Å². The van der Waals surface area contributed by atoms with Gasteiger partial charge in [-0.3, -0.25) is 4.79 Å². The Kier molecular flexibility index (Phi) is 4.11. The highest BCUT2D eigenvalue weighted by molar-refractivity contribution is 7.25. The molecular formula is C20H11N3O4S2. The minimum Gasteiger partial charge on any atom is -0.478 e. The highest BCUT2D eigenvalue weighted by Gasteiger charge is 2.25. The lowest BCUT2D eigenvalue weighted by Crippen LogP contribution is -2.14. The van der Waals surface area contributed by atoms with Crippen LogP contribution in [0, 0.1) is 0 Å². The third kappa shape index (κ3) is 3.06. The number of nitrogens with zero attached hydrogens (tertiary/aromatic N) is 2. The van der Waals surface area contributed by atoms with E-state index in [9.17, 15) is 14.7 Å². The number of hydrogen-bond acceptors (Lipinski definition) is 7. The van der Waals surface area contributed by atoms with Crippen molar-refractivity contribution in [2.24, 2.45) is 0 Å². The third-order valence-electron chi connectivity index (χ3n) is 4.23. The van der Waals surface area contributed by atoms with Gasteiger partial charge in [0.25, 0.3) is 5.89 Å². The second-order valence-corrected chi connectivity index (χ2v) is 8.00. The number of anilines is 1. The van der Waals surface area contributed by atoms with Gasteiger partial charge in [-0.1, -0.05) is 24.3 Å². The Labute approximate surface area is 171 Å². The third-order valence-corrected chi connectivity index (χ3v) is 6.40. The molecule has 0 aliphatic carbocycles. The van der Waals surface area contributed by atoms with Gasteiger partial charge in [-0.2, -0.15) is 0 Å². The monoisotopic (exact) mass is 421 g/mol. The SMILES string of the molecule is O=C(Nc1csc(-c2nc3ccccc3s2)c1C(=O)O)c1nc2ccccc2o1. The van der Waals surface area contributed by atoms with Crippen LogP contribution in [0.3, 0.4) is 0 Å². The molecule has 29 heavy (non-hydrogen) atoms. The number of thiazole rings is 1. The Morgan fingerprint density at radius 1 is 1.00 bits per heavy atom. The number of benzene rings is 2. The fourth-order valence-electron chi connectivity index (χ4n) is 2.93. The van der Waals surface area contributed by atoms with E-state index in [0.29, 0.717) is 21.0 Å². The molecule has 2 N–H and O–H groups in total. The van der Waals surface area contributed by atoms with Gasteiger partial charge in [0.2, 0.25) is 0 Å². The minimum atomic E-state index is -1.15. The number of amides is 1. The largest absolute Gasteiger partial charge is 0.478 e. The second-order valence-electron chi connectivity index (χ2n) is 6.09. The van der Waals surface area contributed by atoms with Gasteiger partial charge < -0.3 is 14.8 Å². The first-order valence-corrected chi connectivity index (χ1v) is 10.2. The summed E-state index contributed by atoms with van der Waals surface area (Å²) in [5.41, 5.74) is 2.02. The number of carbonyl (C=O) groups is 2. The molecule has 0 spiro atoms. The molecular weight excluding hydrogens is 410 g/mol. The maximum atomic E-state index is 12.6. The molecule has 0 radical (unpaired) electrons. The maximum absolute atomic E-state index is 12.6. The molecule has 0 saturated carbocycles. The number of carbonyl (C=O) groups excluding carboxylic acids is 1. The summed E-state index contributed by atoms with van der Waals surface area (Å²) in [6, 6.07) is 14.6. The first-order chi connectivity index (χ1) is 14.1. The van der Waals surface area contributed by atoms with E-state index in [-0.39, 0.29) is 17.1 Å². The van der Waals surface area contributed by atoms with Crippen LogP contribution < -0.4 is 5.32 Å². The highest BCUT2D eigenvalue weighted by Crippen LogP contribution is 2.39. The minimum absolute atomic E-state index is 0.00137. The molecule has 0 aliphatic heterocycles. The molecule has 0 atom stereocenters. The molecule has 1 amide bonds. The Morgan fingerprint density at radius 3 is 2.52 bits per heavy atom. The number of oxazole rings is 1. The van der Waals surface area contributed by atoms with E-state index >= 15 is 0 Å². The maximum Gasteiger partial charge on any atom is 0.339 e. The summed E-state index contributed by atoms with van der Waals surface area (Å²) in [7, 11) is 0. The molecule has 0 fully saturated rings. The quantitative estimate of drug-likeness (QED) is 0.417. The topological polar surface area (TPSA) is 105 Å². The summed E-state index contributed by atoms with van der Waals surface area (Å²) in [4.78, 5) is 33.7. The zero-order chi connectivity index (χ0) is 20.0. The molecule has 0 unspecified atom stereocenters. The van der Waals surface area contributed by atoms with Gasteiger partial charge in [-0.15, -0.1) is 22.7 Å². The average molecular weight is 421 g/mol. The Bertz CT molecular complexity index is 1330. The Morgan fingerprint density at radius 2 is 1.76 bits per heavy atom. The van der Waals surface area contributed by atoms with Crippen molar-refractivity contribution in [1.82, 2.24) is 9.97 Å². The number of hydrogen-bond donors (Lipinski definition) is 2. The number of para-hydroxylation sites is 3. The zero-order valence-corrected chi connectivity index (χ0v) is 16.2. The number of nitrogens with one attached hydrogen (secondary N) is 1. The standard InChI is InChI=1S/C20H11N3O4S2/c24-17(18-22-10-5-1-3-7-13(10)27-18)21-12-9-28-16(15(12)20(25)26)19-23-11-6-2-4-8-14(11)29-19/h1-9H,(H,21,24)(H,25,26). The van der Waals surface area contributed by atoms with Crippen molar-refractivity contribution < 1.29 is 19.1 Å². The average Bonchev–Trinajstić information content (AvgIpc) is 3.43. The molecule has 5 rings (SSSR count). The molecule has 0 aliphatic rings. The van der Waals surface area contributed by atoms with Crippen LogP contribution in [0.15, 0.2) is 58.3 Å². The van der Waals surface area contributed by atoms with Crippen LogP contribution in [0.4, 0.5) is 5.69 Å². The van der Waals surface area contributed by atoms with Gasteiger partial charge in [-0.05, 0) is 24.3 Å². The predicted molar refractivity (Wildman–Crippen MR) is 112 cm³/mol. The van der Waals surface area contributed by atoms with Gasteiger partial charge in [-0.25, -0.2) is 14.8 Å². The van der Waals surface area contributed by atoms with Crippen molar-refractivity contribution in [2.75, 3.05) is 5.32 Å². The van der Waals surface area contributed by atoms with Crippen LogP contribution in [0.1, 0.15) is 21.0 Å². The number of carboxylic acid groups (broad SMARTS) is 1. The molecule has 5 aromatic rings. The zero-order valence-electron chi connectivity index (χ0n) is 14.6. The number of aromatic carboxylic acids is 1. The van der Waals surface area contributed by atoms with Crippen LogP contribution in [0.2, 0.25) is 0 Å². The summed E-state index contributed by atoms with van der Waals surface area (Å²) in [5, 5.41) is 14.5. The van der Waals surface area contributed by atoms with Crippen LogP contribution in [0.25, 0.3) is 31.2 Å². The number of aromatic nitrogens is 2. The molecule has 9 heteroatoms. The second kappa shape index (κ2) is 6.80. The lowest BCUT2D eigenvalue weighted by atomic mass is 10.2. The van der Waals surface area contributed by atoms with Crippen molar-refractivity contribution in [3.05, 3.63) is 65.4 Å². The molecule has 0 saturated heterocycles. The number of rotatable bonds is 4. The summed E-state index contributed by atoms with van der Waals surface area (Å²) >= 11 is 2.62. The highest BCUT2D eigenvalue weighted by atomic mass is 32.1. The van der Waals surface area contributed by atoms with Crippen LogP contribution in [-0.4, -0.2) is 27.0 Å². The first kappa shape index (κ1) is 17.5. The van der Waals surface area contributed by atoms with E-state index in [0.717, 1.165) is 10.2 Å². The first-order valence-electron chi connectivity index (χ1n) is 8.48. The van der Waals surface area contributed by atoms with Crippen molar-refractivity contribution in [2.45, 2.75) is 0 Å². The normalized spacial score (nSPS) is 11.2. The Hall–Kier alpha value is -3.56. The summed E-state index contributed by atoms with van der Waals surface area (Å²) in [5.74, 6) is -1.89. The van der Waals surface area contributed by atoms with Crippen molar-refractivity contribution in [1.29, 1.82) is 0 Å². The molecule has 0 bridgehead atoms. The molecule has 3 aromatic heterocycles. The molecule has 3 heterocycles. The lowest BCUT2D eigenvalue weighted by Gasteiger charge is -2.02. The van der Waals surface area contributed by atoms with Gasteiger partial charge in [0.1, 0.15) is 16.1 Å². The molecule has 142 valence electrons. The lowest BCUT2D eigenvalue weighted by molar-refractivity contribution is 0.0699. The summed E-state index contributed by atoms with van der Waals surface area (Å²) in [6.45, 7) is 0. The number of thiophene rings is 1. The Balaban J connectivity index is 1.52. The molecule has 2 aromatic carbocycles. The van der Waals surface area contributed by atoms with Gasteiger partial charge in [0.05, 0.1) is 20.8 Å². The smallest absolute Gasteiger partial charge is 0.339 e. The molecule has 7 nitrogen and oxygen atoms in total. The van der Waals surface area contributed by atoms with E-state index in [2.05, 4.69) is 15.3 Å². The van der Waals surface area contributed by atoms with Crippen molar-refractivity contribution in [3.63, 3.8) is 0 Å². The van der Waals surface area contributed by atoms with Crippen LogP contribution in [-0.2, 0) is 0 Å². The van der Waals surface area contributed by atoms with E-state index in [1.54, 1.807) is 29.6 Å². The predicted octanol–water partition coefficient (Wildman–Crippen LogP) is 5.12. The summed E-state index contributed by atoms with van der Waals surface area (Å²) in [6.07, 6.45) is 0. The van der Waals surface area contributed by atoms with Gasteiger partial charge in [0.15, 0.2) is 5.58 Å². The van der Waals surface area contributed by atoms with E-state index in [1.807, 2.05) is 24.3 Å².